The number of aliphatic hydroxyl groups is 1. The van der Waals surface area contributed by atoms with E-state index in [1.165, 1.54) is 0 Å². The Morgan fingerprint density at radius 1 is 1.33 bits per heavy atom. The van der Waals surface area contributed by atoms with Gasteiger partial charge in [-0.25, -0.2) is 4.79 Å². The number of carbonyl (C=O) groups excluding carboxylic acids is 1. The summed E-state index contributed by atoms with van der Waals surface area (Å²) in [6.45, 7) is 0.362. The maximum absolute atomic E-state index is 11.8. The third-order valence-electron chi connectivity index (χ3n) is 4.53. The van der Waals surface area contributed by atoms with Crippen LogP contribution in [0.25, 0.3) is 0 Å². The molecule has 2 saturated heterocycles. The van der Waals surface area contributed by atoms with Crippen LogP contribution in [0.2, 0.25) is 0 Å². The number of carbonyl (C=O) groups is 1. The van der Waals surface area contributed by atoms with Crippen LogP contribution in [0.4, 0.5) is 4.79 Å². The molecule has 102 valence electrons. The molecule has 0 radical (unpaired) electrons. The summed E-state index contributed by atoms with van der Waals surface area (Å²) >= 11 is 0. The summed E-state index contributed by atoms with van der Waals surface area (Å²) in [4.78, 5) is 11.8. The summed E-state index contributed by atoms with van der Waals surface area (Å²) in [6, 6.07) is -0.0153. The molecule has 3 N–H and O–H groups in total. The molecule has 1 aliphatic carbocycles. The lowest BCUT2D eigenvalue weighted by molar-refractivity contribution is 0.0498. The van der Waals surface area contributed by atoms with Crippen molar-refractivity contribution in [3.05, 3.63) is 0 Å². The van der Waals surface area contributed by atoms with Gasteiger partial charge in [-0.2, -0.15) is 0 Å². The fourth-order valence-electron chi connectivity index (χ4n) is 3.46. The second kappa shape index (κ2) is 4.70. The van der Waals surface area contributed by atoms with Gasteiger partial charge in [0.05, 0.1) is 23.9 Å². The molecule has 2 amide bonds. The van der Waals surface area contributed by atoms with Gasteiger partial charge >= 0.3 is 6.03 Å². The summed E-state index contributed by atoms with van der Waals surface area (Å²) in [5.74, 6) is 0. The molecule has 18 heavy (non-hydrogen) atoms. The van der Waals surface area contributed by atoms with E-state index in [1.54, 1.807) is 0 Å². The van der Waals surface area contributed by atoms with Gasteiger partial charge in [0, 0.05) is 6.54 Å². The highest BCUT2D eigenvalue weighted by molar-refractivity contribution is 5.74. The van der Waals surface area contributed by atoms with Crippen LogP contribution < -0.4 is 10.6 Å². The molecule has 0 spiro atoms. The number of urea groups is 1. The normalized spacial score (nSPS) is 36.8. The second-order valence-electron chi connectivity index (χ2n) is 5.97. The van der Waals surface area contributed by atoms with Gasteiger partial charge in [-0.3, -0.25) is 0 Å². The van der Waals surface area contributed by atoms with Crippen LogP contribution in [0.5, 0.6) is 0 Å². The van der Waals surface area contributed by atoms with E-state index >= 15 is 0 Å². The largest absolute Gasteiger partial charge is 0.388 e. The third kappa shape index (κ3) is 2.47. The molecule has 0 aromatic rings. The molecular formula is C13H22N2O3. The molecule has 2 aliphatic heterocycles. The number of amides is 2. The predicted molar refractivity (Wildman–Crippen MR) is 66.3 cm³/mol. The van der Waals surface area contributed by atoms with E-state index in [0.717, 1.165) is 44.9 Å². The van der Waals surface area contributed by atoms with Crippen LogP contribution >= 0.6 is 0 Å². The van der Waals surface area contributed by atoms with Crippen LogP contribution in [0, 0.1) is 0 Å². The Balaban J connectivity index is 1.42. The molecule has 2 bridgehead atoms. The number of ether oxygens (including phenoxy) is 1. The maximum atomic E-state index is 11.8. The Hall–Kier alpha value is -0.810. The quantitative estimate of drug-likeness (QED) is 0.701. The Kier molecular flexibility index (Phi) is 3.20. The summed E-state index contributed by atoms with van der Waals surface area (Å²) in [5, 5.41) is 15.9. The predicted octanol–water partition coefficient (Wildman–Crippen LogP) is 0.911. The van der Waals surface area contributed by atoms with Gasteiger partial charge in [0.2, 0.25) is 0 Å². The van der Waals surface area contributed by atoms with Gasteiger partial charge in [-0.05, 0) is 32.1 Å². The second-order valence-corrected chi connectivity index (χ2v) is 5.97. The summed E-state index contributed by atoms with van der Waals surface area (Å²) in [6.07, 6.45) is 7.37. The summed E-state index contributed by atoms with van der Waals surface area (Å²) in [7, 11) is 0. The van der Waals surface area contributed by atoms with Crippen LogP contribution in [-0.2, 0) is 4.74 Å². The maximum Gasteiger partial charge on any atom is 0.315 e. The van der Waals surface area contributed by atoms with Gasteiger partial charge in [0.25, 0.3) is 0 Å². The van der Waals surface area contributed by atoms with Crippen molar-refractivity contribution in [2.75, 3.05) is 6.54 Å². The summed E-state index contributed by atoms with van der Waals surface area (Å²) < 4.78 is 5.69. The van der Waals surface area contributed by atoms with E-state index < -0.39 is 5.60 Å². The average Bonchev–Trinajstić information content (AvgIpc) is 3.03. The topological polar surface area (TPSA) is 70.6 Å². The van der Waals surface area contributed by atoms with Gasteiger partial charge in [-0.15, -0.1) is 0 Å². The summed E-state index contributed by atoms with van der Waals surface area (Å²) in [5.41, 5.74) is -0.678. The van der Waals surface area contributed by atoms with E-state index in [1.807, 2.05) is 0 Å². The molecule has 2 heterocycles. The van der Waals surface area contributed by atoms with Crippen molar-refractivity contribution in [1.29, 1.82) is 0 Å². The van der Waals surface area contributed by atoms with Gasteiger partial charge in [0.15, 0.2) is 0 Å². The zero-order valence-corrected chi connectivity index (χ0v) is 10.7. The highest BCUT2D eigenvalue weighted by Gasteiger charge is 2.41. The van der Waals surface area contributed by atoms with Crippen molar-refractivity contribution in [3.8, 4) is 0 Å². The minimum atomic E-state index is -0.678. The van der Waals surface area contributed by atoms with Crippen molar-refractivity contribution in [2.24, 2.45) is 0 Å². The highest BCUT2D eigenvalue weighted by atomic mass is 16.5. The lowest BCUT2D eigenvalue weighted by Gasteiger charge is -2.24. The van der Waals surface area contributed by atoms with Gasteiger partial charge < -0.3 is 20.5 Å². The third-order valence-corrected chi connectivity index (χ3v) is 4.53. The van der Waals surface area contributed by atoms with E-state index in [2.05, 4.69) is 10.6 Å². The van der Waals surface area contributed by atoms with Gasteiger partial charge in [0.1, 0.15) is 0 Å². The first-order valence-electron chi connectivity index (χ1n) is 7.07. The number of nitrogens with one attached hydrogen (secondary N) is 2. The smallest absolute Gasteiger partial charge is 0.315 e. The lowest BCUT2D eigenvalue weighted by Crippen LogP contribution is -2.50. The van der Waals surface area contributed by atoms with Crippen molar-refractivity contribution >= 4 is 6.03 Å². The van der Waals surface area contributed by atoms with Gasteiger partial charge in [-0.1, -0.05) is 12.8 Å². The van der Waals surface area contributed by atoms with E-state index in [9.17, 15) is 9.90 Å². The SMILES string of the molecule is O=C(NCC1(O)CCCC1)NC1CC2CCC1O2. The van der Waals surface area contributed by atoms with E-state index in [0.29, 0.717) is 12.6 Å². The number of fused-ring (bicyclic) bond motifs is 2. The zero-order valence-electron chi connectivity index (χ0n) is 10.7. The molecule has 3 fully saturated rings. The average molecular weight is 254 g/mol. The molecule has 3 rings (SSSR count). The molecule has 3 unspecified atom stereocenters. The molecule has 3 aliphatic rings. The monoisotopic (exact) mass is 254 g/mol. The fourth-order valence-corrected chi connectivity index (χ4v) is 3.46. The molecule has 0 aromatic heterocycles. The Morgan fingerprint density at radius 3 is 2.72 bits per heavy atom. The first-order valence-corrected chi connectivity index (χ1v) is 7.07. The van der Waals surface area contributed by atoms with Crippen LogP contribution in [0.1, 0.15) is 44.9 Å². The highest BCUT2D eigenvalue weighted by Crippen LogP contribution is 2.34. The Labute approximate surface area is 107 Å². The van der Waals surface area contributed by atoms with Crippen LogP contribution in [0.15, 0.2) is 0 Å². The first-order chi connectivity index (χ1) is 8.65. The molecule has 0 aromatic carbocycles. The minimum Gasteiger partial charge on any atom is -0.388 e. The van der Waals surface area contributed by atoms with Crippen molar-refractivity contribution in [2.45, 2.75) is 68.8 Å². The van der Waals surface area contributed by atoms with Crippen molar-refractivity contribution < 1.29 is 14.6 Å². The van der Waals surface area contributed by atoms with E-state index in [4.69, 9.17) is 4.74 Å². The first kappa shape index (κ1) is 12.2. The minimum absolute atomic E-state index is 0.155. The van der Waals surface area contributed by atoms with Crippen molar-refractivity contribution in [1.82, 2.24) is 10.6 Å². The van der Waals surface area contributed by atoms with Crippen molar-refractivity contribution in [3.63, 3.8) is 0 Å². The van der Waals surface area contributed by atoms with Crippen LogP contribution in [-0.4, -0.2) is 41.5 Å². The standard InChI is InChI=1S/C13H22N2O3/c16-12(14-8-13(17)5-1-2-6-13)15-10-7-9-3-4-11(10)18-9/h9-11,17H,1-8H2,(H2,14,15,16). The zero-order chi connectivity index (χ0) is 12.6. The molecule has 1 saturated carbocycles. The molecular weight excluding hydrogens is 232 g/mol. The number of hydrogen-bond acceptors (Lipinski definition) is 3. The Morgan fingerprint density at radius 2 is 2.11 bits per heavy atom. The lowest BCUT2D eigenvalue weighted by atomic mass is 9.96. The molecule has 5 heteroatoms. The number of rotatable bonds is 3. The van der Waals surface area contributed by atoms with Crippen LogP contribution in [0.3, 0.4) is 0 Å². The fraction of sp³-hybridized carbons (Fsp3) is 0.923. The molecule has 5 nitrogen and oxygen atoms in total. The number of hydrogen-bond donors (Lipinski definition) is 3. The molecule has 3 atom stereocenters. The Bertz CT molecular complexity index is 328. The van der Waals surface area contributed by atoms with E-state index in [-0.39, 0.29) is 18.2 Å².